The van der Waals surface area contributed by atoms with Crippen molar-refractivity contribution in [2.75, 3.05) is 12.4 Å². The van der Waals surface area contributed by atoms with Crippen LogP contribution in [0.2, 0.25) is 0 Å². The Kier molecular flexibility index (Phi) is 7.50. The third kappa shape index (κ3) is 4.63. The number of methoxy groups -OCH3 is 1. The van der Waals surface area contributed by atoms with Crippen molar-refractivity contribution in [3.63, 3.8) is 0 Å². The number of carbonyl (C=O) groups is 2. The molecule has 0 fully saturated rings. The number of anilines is 1. The van der Waals surface area contributed by atoms with E-state index in [9.17, 15) is 14.7 Å². The first-order valence-electron chi connectivity index (χ1n) is 19.2. The van der Waals surface area contributed by atoms with E-state index in [1.165, 1.54) is 0 Å². The number of aliphatic hydroxyl groups is 1. The highest BCUT2D eigenvalue weighted by atomic mass is 16.5. The largest absolute Gasteiger partial charge is 0.495 e. The van der Waals surface area contributed by atoms with E-state index in [4.69, 9.17) is 28.3 Å². The second kappa shape index (κ2) is 12.2. The number of hydrogen-bond acceptors (Lipinski definition) is 10. The predicted octanol–water partition coefficient (Wildman–Crippen LogP) is 6.31. The summed E-state index contributed by atoms with van der Waals surface area (Å²) in [6.07, 6.45) is 2.00. The quantitative estimate of drug-likeness (QED) is 0.151. The number of ether oxygens (including phenoxy) is 2. The molecule has 3 aromatic carbocycles. The summed E-state index contributed by atoms with van der Waals surface area (Å²) in [6, 6.07) is 14.5. The van der Waals surface area contributed by atoms with Crippen LogP contribution in [0.1, 0.15) is 69.0 Å². The number of para-hydroxylation sites is 1. The van der Waals surface area contributed by atoms with E-state index in [-0.39, 0.29) is 30.0 Å². The molecular formula is C43H42N6O7. The molecule has 4 aliphatic rings. The molecule has 13 nitrogen and oxygen atoms in total. The van der Waals surface area contributed by atoms with Gasteiger partial charge in [0.25, 0.3) is 0 Å². The van der Waals surface area contributed by atoms with E-state index in [1.54, 1.807) is 27.2 Å². The maximum atomic E-state index is 14.2. The first-order chi connectivity index (χ1) is 27.0. The molecular weight excluding hydrogens is 713 g/mol. The van der Waals surface area contributed by atoms with E-state index < -0.39 is 41.6 Å². The lowest BCUT2D eigenvalue weighted by molar-refractivity contribution is -0.135. The minimum absolute atomic E-state index is 0.158. The zero-order chi connectivity index (χ0) is 38.8. The maximum absolute atomic E-state index is 14.2. The summed E-state index contributed by atoms with van der Waals surface area (Å²) >= 11 is 0. The van der Waals surface area contributed by atoms with Crippen molar-refractivity contribution < 1.29 is 33.0 Å². The summed E-state index contributed by atoms with van der Waals surface area (Å²) in [4.78, 5) is 37.5. The Bertz CT molecular complexity index is 2620. The van der Waals surface area contributed by atoms with Gasteiger partial charge < -0.3 is 43.9 Å². The molecule has 13 heteroatoms. The van der Waals surface area contributed by atoms with Crippen LogP contribution in [0.4, 0.5) is 5.69 Å². The number of aromatic nitrogens is 3. The Hall–Kier alpha value is -6.08. The van der Waals surface area contributed by atoms with Crippen molar-refractivity contribution in [3.05, 3.63) is 89.3 Å². The lowest BCUT2D eigenvalue weighted by atomic mass is 9.72. The molecule has 2 unspecified atom stereocenters. The number of nitrogens with one attached hydrogen (secondary N) is 3. The summed E-state index contributed by atoms with van der Waals surface area (Å²) in [5.41, 5.74) is 6.42. The van der Waals surface area contributed by atoms with Gasteiger partial charge in [-0.2, -0.15) is 0 Å². The van der Waals surface area contributed by atoms with E-state index in [1.807, 2.05) is 38.1 Å². The molecule has 2 amide bonds. The Balaban J connectivity index is 1.29. The Labute approximate surface area is 322 Å². The fraction of sp³-hybridized carbons (Fsp3) is 0.349. The normalized spacial score (nSPS) is 21.8. The van der Waals surface area contributed by atoms with Crippen molar-refractivity contribution in [3.8, 4) is 45.5 Å². The number of aryl methyl sites for hydroxylation is 1. The fourth-order valence-electron chi connectivity index (χ4n) is 9.05. The minimum Gasteiger partial charge on any atom is -0.495 e. The van der Waals surface area contributed by atoms with Crippen LogP contribution in [0, 0.1) is 11.8 Å². The molecule has 286 valence electrons. The number of fused-ring (bicyclic) bond motifs is 7. The van der Waals surface area contributed by atoms with Crippen LogP contribution in [0.25, 0.3) is 44.9 Å². The van der Waals surface area contributed by atoms with Crippen molar-refractivity contribution in [1.82, 2.24) is 25.2 Å². The second-order valence-corrected chi connectivity index (χ2v) is 15.8. The summed E-state index contributed by atoms with van der Waals surface area (Å²) in [7, 11) is 1.68. The van der Waals surface area contributed by atoms with Crippen molar-refractivity contribution in [1.29, 1.82) is 0 Å². The molecule has 3 aromatic heterocycles. The van der Waals surface area contributed by atoms with Crippen LogP contribution in [-0.4, -0.2) is 56.9 Å². The monoisotopic (exact) mass is 754 g/mol. The van der Waals surface area contributed by atoms with Crippen LogP contribution < -0.4 is 25.4 Å². The minimum atomic E-state index is -1.29. The molecule has 10 bridgehead atoms. The number of hydrogen-bond donors (Lipinski definition) is 4. The molecule has 4 N–H and O–H groups in total. The smallest absolute Gasteiger partial charge is 0.249 e. The van der Waals surface area contributed by atoms with Gasteiger partial charge in [-0.15, -0.1) is 0 Å². The molecule has 6 aromatic rings. The number of benzene rings is 3. The molecule has 0 aliphatic carbocycles. The summed E-state index contributed by atoms with van der Waals surface area (Å²) in [5.74, 6) is 1.34. The first kappa shape index (κ1) is 34.4. The van der Waals surface area contributed by atoms with E-state index in [0.29, 0.717) is 29.5 Å². The van der Waals surface area contributed by atoms with Crippen molar-refractivity contribution in [2.45, 2.75) is 77.4 Å². The lowest BCUT2D eigenvalue weighted by Gasteiger charge is -2.29. The number of aliphatic hydroxyl groups excluding tert-OH is 1. The Morgan fingerprint density at radius 1 is 1.07 bits per heavy atom. The number of carbonyl (C=O) groups excluding carboxylic acids is 2. The molecule has 0 radical (unpaired) electrons. The topological polar surface area (TPSA) is 166 Å². The Morgan fingerprint density at radius 3 is 2.68 bits per heavy atom. The summed E-state index contributed by atoms with van der Waals surface area (Å²) < 4.78 is 28.7. The lowest BCUT2D eigenvalue weighted by Crippen LogP contribution is -2.52. The number of rotatable bonds is 6. The van der Waals surface area contributed by atoms with Gasteiger partial charge in [0.2, 0.25) is 23.6 Å². The van der Waals surface area contributed by atoms with Gasteiger partial charge >= 0.3 is 0 Å². The molecule has 5 atom stereocenters. The van der Waals surface area contributed by atoms with Gasteiger partial charge in [-0.25, -0.2) is 9.97 Å². The Morgan fingerprint density at radius 2 is 1.91 bits per heavy atom. The summed E-state index contributed by atoms with van der Waals surface area (Å²) in [5, 5.41) is 21.4. The van der Waals surface area contributed by atoms with Gasteiger partial charge in [0, 0.05) is 52.5 Å². The molecule has 0 saturated heterocycles. The highest BCUT2D eigenvalue weighted by Gasteiger charge is 2.61. The van der Waals surface area contributed by atoms with E-state index in [0.717, 1.165) is 55.7 Å². The van der Waals surface area contributed by atoms with Gasteiger partial charge in [0.1, 0.15) is 35.1 Å². The average molecular weight is 755 g/mol. The van der Waals surface area contributed by atoms with Gasteiger partial charge in [0.05, 0.1) is 18.8 Å². The van der Waals surface area contributed by atoms with Crippen molar-refractivity contribution >= 4 is 28.4 Å². The number of oxazole rings is 2. The molecule has 1 spiro atoms. The second-order valence-electron chi connectivity index (χ2n) is 15.8. The highest BCUT2D eigenvalue weighted by Crippen LogP contribution is 2.61. The van der Waals surface area contributed by atoms with Crippen LogP contribution in [0.15, 0.2) is 69.8 Å². The first-order valence-corrected chi connectivity index (χ1v) is 19.2. The zero-order valence-electron chi connectivity index (χ0n) is 31.9. The number of nitrogens with zero attached hydrogens (tertiary/aromatic N) is 3. The maximum Gasteiger partial charge on any atom is 0.249 e. The molecule has 56 heavy (non-hydrogen) atoms. The van der Waals surface area contributed by atoms with Gasteiger partial charge in [-0.1, -0.05) is 58.0 Å². The van der Waals surface area contributed by atoms with E-state index >= 15 is 0 Å². The third-order valence-corrected chi connectivity index (χ3v) is 11.9. The molecule has 0 saturated carbocycles. The number of amides is 2. The van der Waals surface area contributed by atoms with Crippen molar-refractivity contribution in [2.24, 2.45) is 11.8 Å². The van der Waals surface area contributed by atoms with E-state index in [2.05, 4.69) is 57.9 Å². The van der Waals surface area contributed by atoms with Crippen LogP contribution in [0.3, 0.4) is 0 Å². The van der Waals surface area contributed by atoms with Gasteiger partial charge in [-0.05, 0) is 48.1 Å². The van der Waals surface area contributed by atoms with Crippen LogP contribution >= 0.6 is 0 Å². The summed E-state index contributed by atoms with van der Waals surface area (Å²) in [6.45, 7) is 10.2. The highest BCUT2D eigenvalue weighted by molar-refractivity contribution is 6.10. The standard InChI is InChI=1S/C43H42N6O7/c1-7-49-18-24-30-17-44-40(54-30)34-37-43-25-10-8-9-23(22-12-14-29(53-6)35(49)31(22)24)33(25)48-42(43)55-28-13-11-21(15-26(28)43)16-27(45-39(52)36(50)20(4)5)38(51)46-32(19(2)3)41(47-34)56-37/h8-15,17-20,27,32,36,42,48,50H,7,16H2,1-6H3,(H,45,52)(H,46,51)/t27-,32-,36-,42?,43?/m0/s1. The van der Waals surface area contributed by atoms with Gasteiger partial charge in [0.15, 0.2) is 23.4 Å². The third-order valence-electron chi connectivity index (χ3n) is 11.9. The average Bonchev–Trinajstić information content (AvgIpc) is 4.01. The van der Waals surface area contributed by atoms with Gasteiger partial charge in [-0.3, -0.25) is 9.59 Å². The SMILES string of the molecule is CCn1cc2c3c(ccc(OC)c31)-c1cccc3c1NC1Oc4ccc5cc4C31c1oc(nc1-c1ncc-2o1)[C@H](C(C)C)NC(=O)[C@@H](NC(=O)[C@@H](O)C(C)C)C5. The zero-order valence-corrected chi connectivity index (χ0v) is 31.9. The molecule has 4 aliphatic heterocycles. The fourth-order valence-corrected chi connectivity index (χ4v) is 9.05. The predicted molar refractivity (Wildman–Crippen MR) is 207 cm³/mol. The molecule has 10 rings (SSSR count). The van der Waals surface area contributed by atoms with Crippen LogP contribution in [-0.2, 0) is 28.0 Å². The van der Waals surface area contributed by atoms with Crippen LogP contribution in [0.5, 0.6) is 11.5 Å². The molecule has 7 heterocycles.